The molecule has 1 aromatic carbocycles. The maximum atomic E-state index is 11.0. The lowest BCUT2D eigenvalue weighted by Gasteiger charge is -2.10. The number of rotatable bonds is 7. The summed E-state index contributed by atoms with van der Waals surface area (Å²) in [6.45, 7) is 8.10. The summed E-state index contributed by atoms with van der Waals surface area (Å²) in [5.41, 5.74) is 2.22. The van der Waals surface area contributed by atoms with Crippen molar-refractivity contribution in [3.63, 3.8) is 0 Å². The van der Waals surface area contributed by atoms with E-state index in [-0.39, 0.29) is 5.78 Å². The SMILES string of the molecule is C=C(C)CCOc1ccccc1CCC(C)=O. The number of ketones is 1. The second-order valence-electron chi connectivity index (χ2n) is 4.37. The van der Waals surface area contributed by atoms with Gasteiger partial charge in [0.1, 0.15) is 11.5 Å². The summed E-state index contributed by atoms with van der Waals surface area (Å²) in [6, 6.07) is 7.89. The summed E-state index contributed by atoms with van der Waals surface area (Å²) < 4.78 is 5.71. The van der Waals surface area contributed by atoms with Gasteiger partial charge in [0.15, 0.2) is 0 Å². The predicted octanol–water partition coefficient (Wildman–Crippen LogP) is 3.55. The maximum Gasteiger partial charge on any atom is 0.130 e. The molecule has 0 N–H and O–H groups in total. The Morgan fingerprint density at radius 3 is 2.59 bits per heavy atom. The molecule has 0 aliphatic heterocycles. The molecule has 0 unspecified atom stereocenters. The van der Waals surface area contributed by atoms with Crippen molar-refractivity contribution in [2.24, 2.45) is 0 Å². The van der Waals surface area contributed by atoms with Gasteiger partial charge in [-0.3, -0.25) is 0 Å². The maximum absolute atomic E-state index is 11.0. The van der Waals surface area contributed by atoms with Crippen molar-refractivity contribution >= 4 is 5.78 Å². The number of carbonyl (C=O) groups excluding carboxylic acids is 1. The lowest BCUT2D eigenvalue weighted by atomic mass is 10.1. The molecule has 92 valence electrons. The highest BCUT2D eigenvalue weighted by Gasteiger charge is 2.04. The van der Waals surface area contributed by atoms with Crippen LogP contribution in [0.5, 0.6) is 5.75 Å². The first kappa shape index (κ1) is 13.5. The molecule has 0 atom stereocenters. The zero-order chi connectivity index (χ0) is 12.7. The molecule has 0 fully saturated rings. The fraction of sp³-hybridized carbons (Fsp3) is 0.400. The van der Waals surface area contributed by atoms with E-state index in [4.69, 9.17) is 4.74 Å². The van der Waals surface area contributed by atoms with E-state index >= 15 is 0 Å². The summed E-state index contributed by atoms with van der Waals surface area (Å²) in [7, 11) is 0. The molecule has 1 aromatic rings. The quantitative estimate of drug-likeness (QED) is 0.672. The Morgan fingerprint density at radius 2 is 1.94 bits per heavy atom. The van der Waals surface area contributed by atoms with Crippen molar-refractivity contribution in [3.8, 4) is 5.75 Å². The van der Waals surface area contributed by atoms with Gasteiger partial charge in [-0.1, -0.05) is 23.8 Å². The Morgan fingerprint density at radius 1 is 1.24 bits per heavy atom. The molecule has 0 aromatic heterocycles. The fourth-order valence-corrected chi connectivity index (χ4v) is 1.50. The second-order valence-corrected chi connectivity index (χ2v) is 4.37. The highest BCUT2D eigenvalue weighted by Crippen LogP contribution is 2.20. The molecule has 0 aliphatic carbocycles. The molecule has 0 aliphatic rings. The average molecular weight is 232 g/mol. The first-order chi connectivity index (χ1) is 8.09. The number of hydrogen-bond donors (Lipinski definition) is 0. The highest BCUT2D eigenvalue weighted by molar-refractivity contribution is 5.75. The Labute approximate surface area is 103 Å². The van der Waals surface area contributed by atoms with Crippen LogP contribution in [-0.2, 0) is 11.2 Å². The van der Waals surface area contributed by atoms with Gasteiger partial charge >= 0.3 is 0 Å². The number of ether oxygens (including phenoxy) is 1. The van der Waals surface area contributed by atoms with Crippen molar-refractivity contribution in [1.29, 1.82) is 0 Å². The van der Waals surface area contributed by atoms with E-state index in [1.54, 1.807) is 6.92 Å². The summed E-state index contributed by atoms with van der Waals surface area (Å²) in [6.07, 6.45) is 2.18. The number of carbonyl (C=O) groups is 1. The van der Waals surface area contributed by atoms with Gasteiger partial charge in [0.05, 0.1) is 6.61 Å². The molecule has 0 saturated carbocycles. The minimum absolute atomic E-state index is 0.210. The standard InChI is InChI=1S/C15H20O2/c1-12(2)10-11-17-15-7-5-4-6-14(15)9-8-13(3)16/h4-7H,1,8-11H2,2-3H3. The monoisotopic (exact) mass is 232 g/mol. The first-order valence-corrected chi connectivity index (χ1v) is 5.94. The van der Waals surface area contributed by atoms with Crippen LogP contribution in [0.25, 0.3) is 0 Å². The lowest BCUT2D eigenvalue weighted by molar-refractivity contribution is -0.116. The van der Waals surface area contributed by atoms with E-state index < -0.39 is 0 Å². The van der Waals surface area contributed by atoms with Gasteiger partial charge in [-0.05, 0) is 31.9 Å². The van der Waals surface area contributed by atoms with Crippen LogP contribution < -0.4 is 4.74 Å². The summed E-state index contributed by atoms with van der Waals surface area (Å²) in [4.78, 5) is 11.0. The smallest absolute Gasteiger partial charge is 0.130 e. The third-order valence-electron chi connectivity index (χ3n) is 2.51. The first-order valence-electron chi connectivity index (χ1n) is 5.94. The molecule has 2 heteroatoms. The number of hydrogen-bond acceptors (Lipinski definition) is 2. The van der Waals surface area contributed by atoms with Crippen LogP contribution in [0.4, 0.5) is 0 Å². The number of Topliss-reactive ketones (excluding diaryl/α,β-unsaturated/α-hetero) is 1. The molecule has 0 spiro atoms. The van der Waals surface area contributed by atoms with Crippen LogP contribution >= 0.6 is 0 Å². The Balaban J connectivity index is 2.57. The number of para-hydroxylation sites is 1. The molecule has 1 rings (SSSR count). The molecular weight excluding hydrogens is 212 g/mol. The fourth-order valence-electron chi connectivity index (χ4n) is 1.50. The van der Waals surface area contributed by atoms with Gasteiger partial charge in [-0.15, -0.1) is 6.58 Å². The normalized spacial score (nSPS) is 10.0. The third kappa shape index (κ3) is 5.34. The Kier molecular flexibility index (Phi) is 5.47. The van der Waals surface area contributed by atoms with Gasteiger partial charge in [-0.25, -0.2) is 0 Å². The molecule has 0 heterocycles. The minimum atomic E-state index is 0.210. The molecule has 0 saturated heterocycles. The van der Waals surface area contributed by atoms with Gasteiger partial charge in [0, 0.05) is 12.8 Å². The van der Waals surface area contributed by atoms with Crippen molar-refractivity contribution in [2.75, 3.05) is 6.61 Å². The summed E-state index contributed by atoms with van der Waals surface area (Å²) >= 11 is 0. The largest absolute Gasteiger partial charge is 0.493 e. The Hall–Kier alpha value is -1.57. The van der Waals surface area contributed by atoms with Gasteiger partial charge < -0.3 is 9.53 Å². The van der Waals surface area contributed by atoms with Gasteiger partial charge in [0.2, 0.25) is 0 Å². The van der Waals surface area contributed by atoms with Crippen molar-refractivity contribution in [1.82, 2.24) is 0 Å². The van der Waals surface area contributed by atoms with Crippen LogP contribution in [0.1, 0.15) is 32.3 Å². The Bertz CT molecular complexity index is 394. The van der Waals surface area contributed by atoms with Crippen LogP contribution in [0, 0.1) is 0 Å². The van der Waals surface area contributed by atoms with Crippen molar-refractivity contribution in [2.45, 2.75) is 33.1 Å². The second kappa shape index (κ2) is 6.89. The van der Waals surface area contributed by atoms with Crippen LogP contribution in [-0.4, -0.2) is 12.4 Å². The minimum Gasteiger partial charge on any atom is -0.493 e. The zero-order valence-corrected chi connectivity index (χ0v) is 10.7. The third-order valence-corrected chi connectivity index (χ3v) is 2.51. The van der Waals surface area contributed by atoms with E-state index in [0.717, 1.165) is 29.7 Å². The lowest BCUT2D eigenvalue weighted by Crippen LogP contribution is -2.02. The van der Waals surface area contributed by atoms with Crippen molar-refractivity contribution in [3.05, 3.63) is 42.0 Å². The molecule has 2 nitrogen and oxygen atoms in total. The van der Waals surface area contributed by atoms with E-state index in [0.29, 0.717) is 13.0 Å². The molecule has 17 heavy (non-hydrogen) atoms. The van der Waals surface area contributed by atoms with E-state index in [1.165, 1.54) is 0 Å². The predicted molar refractivity (Wildman–Crippen MR) is 70.4 cm³/mol. The van der Waals surface area contributed by atoms with E-state index in [9.17, 15) is 4.79 Å². The molecule has 0 radical (unpaired) electrons. The number of benzene rings is 1. The van der Waals surface area contributed by atoms with Crippen LogP contribution in [0.2, 0.25) is 0 Å². The van der Waals surface area contributed by atoms with Crippen LogP contribution in [0.15, 0.2) is 36.4 Å². The molecule has 0 bridgehead atoms. The van der Waals surface area contributed by atoms with E-state index in [2.05, 4.69) is 6.58 Å². The number of aryl methyl sites for hydroxylation is 1. The summed E-state index contributed by atoms with van der Waals surface area (Å²) in [5.74, 6) is 1.09. The molecular formula is C15H20O2. The topological polar surface area (TPSA) is 26.3 Å². The summed E-state index contributed by atoms with van der Waals surface area (Å²) in [5, 5.41) is 0. The van der Waals surface area contributed by atoms with Gasteiger partial charge in [0.25, 0.3) is 0 Å². The molecule has 0 amide bonds. The van der Waals surface area contributed by atoms with Crippen LogP contribution in [0.3, 0.4) is 0 Å². The van der Waals surface area contributed by atoms with Gasteiger partial charge in [-0.2, -0.15) is 0 Å². The van der Waals surface area contributed by atoms with Crippen molar-refractivity contribution < 1.29 is 9.53 Å². The average Bonchev–Trinajstić information content (AvgIpc) is 2.27. The van der Waals surface area contributed by atoms with E-state index in [1.807, 2.05) is 31.2 Å². The highest BCUT2D eigenvalue weighted by atomic mass is 16.5. The zero-order valence-electron chi connectivity index (χ0n) is 10.7.